The predicted octanol–water partition coefficient (Wildman–Crippen LogP) is 1.54. The number of halogens is 1. The van der Waals surface area contributed by atoms with E-state index >= 15 is 0 Å². The number of aliphatic carboxylic acids is 1. The van der Waals surface area contributed by atoms with Crippen LogP contribution in [0.3, 0.4) is 0 Å². The first-order valence-corrected chi connectivity index (χ1v) is 3.99. The second kappa shape index (κ2) is 4.39. The van der Waals surface area contributed by atoms with Crippen LogP contribution in [0.25, 0.3) is 6.08 Å². The number of benzene rings is 1. The Morgan fingerprint density at radius 3 is 2.62 bits per heavy atom. The summed E-state index contributed by atoms with van der Waals surface area (Å²) in [6.07, 6.45) is 1.51. The number of nitro groups is 1. The SMILES string of the molecule is O=C(O)C=Cc1cc(F)cc([N+](=O)[O-])c1O. The van der Waals surface area contributed by atoms with Crippen LogP contribution in [-0.2, 0) is 4.79 Å². The Kier molecular flexibility index (Phi) is 3.19. The maximum absolute atomic E-state index is 12.9. The Labute approximate surface area is 88.4 Å². The average Bonchev–Trinajstić information content (AvgIpc) is 2.18. The Morgan fingerprint density at radius 1 is 1.50 bits per heavy atom. The summed E-state index contributed by atoms with van der Waals surface area (Å²) in [7, 11) is 0. The van der Waals surface area contributed by atoms with Gasteiger partial charge >= 0.3 is 11.7 Å². The Balaban J connectivity index is 3.29. The van der Waals surface area contributed by atoms with Crippen LogP contribution in [-0.4, -0.2) is 21.1 Å². The molecule has 0 saturated heterocycles. The van der Waals surface area contributed by atoms with Crippen molar-refractivity contribution >= 4 is 17.7 Å². The van der Waals surface area contributed by atoms with Crippen molar-refractivity contribution in [2.75, 3.05) is 0 Å². The predicted molar refractivity (Wildman–Crippen MR) is 51.4 cm³/mol. The monoisotopic (exact) mass is 227 g/mol. The molecule has 0 saturated carbocycles. The van der Waals surface area contributed by atoms with Crippen LogP contribution in [0.2, 0.25) is 0 Å². The minimum absolute atomic E-state index is 0.269. The van der Waals surface area contributed by atoms with Gasteiger partial charge in [-0.2, -0.15) is 0 Å². The van der Waals surface area contributed by atoms with Gasteiger partial charge < -0.3 is 10.2 Å². The number of phenolic OH excluding ortho intramolecular Hbond substituents is 1. The highest BCUT2D eigenvalue weighted by atomic mass is 19.1. The Bertz CT molecular complexity index is 483. The fourth-order valence-corrected chi connectivity index (χ4v) is 1.03. The van der Waals surface area contributed by atoms with Gasteiger partial charge in [0, 0.05) is 11.6 Å². The molecule has 1 aromatic rings. The van der Waals surface area contributed by atoms with E-state index in [4.69, 9.17) is 5.11 Å². The molecule has 0 aromatic heterocycles. The Hall–Kier alpha value is -2.44. The zero-order valence-electron chi connectivity index (χ0n) is 7.75. The fraction of sp³-hybridized carbons (Fsp3) is 0. The van der Waals surface area contributed by atoms with Crippen LogP contribution in [0.4, 0.5) is 10.1 Å². The molecule has 0 aliphatic heterocycles. The van der Waals surface area contributed by atoms with Gasteiger partial charge in [-0.05, 0) is 12.1 Å². The van der Waals surface area contributed by atoms with E-state index in [0.717, 1.165) is 12.1 Å². The topological polar surface area (TPSA) is 101 Å². The molecule has 0 heterocycles. The maximum atomic E-state index is 12.9. The molecule has 1 aromatic carbocycles. The molecule has 84 valence electrons. The summed E-state index contributed by atoms with van der Waals surface area (Å²) in [6.45, 7) is 0. The second-order valence-corrected chi connectivity index (χ2v) is 2.79. The van der Waals surface area contributed by atoms with Crippen LogP contribution in [0, 0.1) is 15.9 Å². The quantitative estimate of drug-likeness (QED) is 0.463. The first kappa shape index (κ1) is 11.6. The number of carboxylic acid groups (broad SMARTS) is 1. The number of nitrogens with zero attached hydrogens (tertiary/aromatic N) is 1. The lowest BCUT2D eigenvalue weighted by atomic mass is 10.1. The number of rotatable bonds is 3. The number of phenols is 1. The zero-order chi connectivity index (χ0) is 12.3. The minimum Gasteiger partial charge on any atom is -0.502 e. The highest BCUT2D eigenvalue weighted by Crippen LogP contribution is 2.31. The van der Waals surface area contributed by atoms with Gasteiger partial charge in [0.05, 0.1) is 11.0 Å². The molecule has 0 aliphatic carbocycles. The van der Waals surface area contributed by atoms with Gasteiger partial charge in [0.15, 0.2) is 0 Å². The average molecular weight is 227 g/mol. The van der Waals surface area contributed by atoms with Gasteiger partial charge in [0.1, 0.15) is 5.82 Å². The number of carboxylic acids is 1. The van der Waals surface area contributed by atoms with E-state index in [-0.39, 0.29) is 5.56 Å². The van der Waals surface area contributed by atoms with Crippen LogP contribution >= 0.6 is 0 Å². The van der Waals surface area contributed by atoms with Crippen LogP contribution < -0.4 is 0 Å². The fourth-order valence-electron chi connectivity index (χ4n) is 1.03. The maximum Gasteiger partial charge on any atom is 0.328 e. The largest absolute Gasteiger partial charge is 0.502 e. The van der Waals surface area contributed by atoms with E-state index in [1.165, 1.54) is 0 Å². The van der Waals surface area contributed by atoms with E-state index in [1.807, 2.05) is 0 Å². The van der Waals surface area contributed by atoms with Crippen molar-refractivity contribution in [3.63, 3.8) is 0 Å². The standard InChI is InChI=1S/C9H6FNO5/c10-6-3-5(1-2-8(12)13)9(14)7(4-6)11(15)16/h1-4,14H,(H,12,13). The van der Waals surface area contributed by atoms with Gasteiger partial charge in [-0.1, -0.05) is 0 Å². The van der Waals surface area contributed by atoms with Crippen molar-refractivity contribution in [1.29, 1.82) is 0 Å². The molecular formula is C9H6FNO5. The molecule has 0 bridgehead atoms. The van der Waals surface area contributed by atoms with Crippen molar-refractivity contribution in [3.05, 3.63) is 39.7 Å². The highest BCUT2D eigenvalue weighted by Gasteiger charge is 2.17. The van der Waals surface area contributed by atoms with Crippen LogP contribution in [0.5, 0.6) is 5.75 Å². The van der Waals surface area contributed by atoms with Crippen molar-refractivity contribution in [2.45, 2.75) is 0 Å². The summed E-state index contributed by atoms with van der Waals surface area (Å²) in [5.74, 6) is -3.02. The summed E-state index contributed by atoms with van der Waals surface area (Å²) in [5.41, 5.74) is -1.08. The van der Waals surface area contributed by atoms with Gasteiger partial charge in [-0.15, -0.1) is 0 Å². The summed E-state index contributed by atoms with van der Waals surface area (Å²) >= 11 is 0. The summed E-state index contributed by atoms with van der Waals surface area (Å²) in [6, 6.07) is 1.34. The molecule has 7 heteroatoms. The normalized spacial score (nSPS) is 10.6. The highest BCUT2D eigenvalue weighted by molar-refractivity contribution is 5.86. The molecule has 0 atom stereocenters. The lowest BCUT2D eigenvalue weighted by Crippen LogP contribution is -1.92. The molecule has 0 unspecified atom stereocenters. The molecule has 0 amide bonds. The molecule has 1 rings (SSSR count). The molecular weight excluding hydrogens is 221 g/mol. The van der Waals surface area contributed by atoms with E-state index in [2.05, 4.69) is 0 Å². The van der Waals surface area contributed by atoms with Gasteiger partial charge in [-0.3, -0.25) is 10.1 Å². The first-order valence-electron chi connectivity index (χ1n) is 3.99. The van der Waals surface area contributed by atoms with Crippen LogP contribution in [0.1, 0.15) is 5.56 Å². The van der Waals surface area contributed by atoms with Crippen molar-refractivity contribution in [2.24, 2.45) is 0 Å². The summed E-state index contributed by atoms with van der Waals surface area (Å²) < 4.78 is 12.9. The molecule has 2 N–H and O–H groups in total. The number of nitro benzene ring substituents is 1. The van der Waals surface area contributed by atoms with Crippen molar-refractivity contribution in [3.8, 4) is 5.75 Å². The number of hydrogen-bond acceptors (Lipinski definition) is 4. The number of carbonyl (C=O) groups is 1. The van der Waals surface area contributed by atoms with E-state index in [1.54, 1.807) is 0 Å². The molecule has 0 spiro atoms. The third kappa shape index (κ3) is 2.53. The molecule has 0 aliphatic rings. The van der Waals surface area contributed by atoms with E-state index in [0.29, 0.717) is 12.1 Å². The smallest absolute Gasteiger partial charge is 0.328 e. The van der Waals surface area contributed by atoms with Gasteiger partial charge in [0.25, 0.3) is 0 Å². The van der Waals surface area contributed by atoms with Gasteiger partial charge in [0.2, 0.25) is 5.75 Å². The lowest BCUT2D eigenvalue weighted by Gasteiger charge is -2.00. The van der Waals surface area contributed by atoms with E-state index < -0.39 is 28.1 Å². The second-order valence-electron chi connectivity index (χ2n) is 2.79. The number of aromatic hydroxyl groups is 1. The summed E-state index contributed by atoms with van der Waals surface area (Å²) in [4.78, 5) is 19.6. The van der Waals surface area contributed by atoms with Gasteiger partial charge in [-0.25, -0.2) is 9.18 Å². The molecule has 0 fully saturated rings. The molecule has 6 nitrogen and oxygen atoms in total. The number of hydrogen-bond donors (Lipinski definition) is 2. The lowest BCUT2D eigenvalue weighted by molar-refractivity contribution is -0.386. The third-order valence-corrected chi connectivity index (χ3v) is 1.69. The Morgan fingerprint density at radius 2 is 2.12 bits per heavy atom. The van der Waals surface area contributed by atoms with E-state index in [9.17, 15) is 24.4 Å². The zero-order valence-corrected chi connectivity index (χ0v) is 7.75. The summed E-state index contributed by atoms with van der Waals surface area (Å²) in [5, 5.41) is 28.1. The minimum atomic E-state index is -1.31. The first-order chi connectivity index (χ1) is 7.41. The molecule has 0 radical (unpaired) electrons. The van der Waals surface area contributed by atoms with Crippen molar-refractivity contribution < 1.29 is 24.3 Å². The van der Waals surface area contributed by atoms with Crippen molar-refractivity contribution in [1.82, 2.24) is 0 Å². The third-order valence-electron chi connectivity index (χ3n) is 1.69. The van der Waals surface area contributed by atoms with Crippen LogP contribution in [0.15, 0.2) is 18.2 Å². The molecule has 16 heavy (non-hydrogen) atoms.